The van der Waals surface area contributed by atoms with E-state index in [2.05, 4.69) is 36.8 Å². The number of hydrogen-bond acceptors (Lipinski definition) is 7. The minimum absolute atomic E-state index is 0. The summed E-state index contributed by atoms with van der Waals surface area (Å²) in [5.74, 6) is 2.31. The minimum Gasteiger partial charge on any atom is -0.493 e. The van der Waals surface area contributed by atoms with Crippen LogP contribution in [0.1, 0.15) is 12.5 Å². The third-order valence-corrected chi connectivity index (χ3v) is 5.37. The third kappa shape index (κ3) is 6.33. The van der Waals surface area contributed by atoms with Gasteiger partial charge in [-0.2, -0.15) is 4.68 Å². The van der Waals surface area contributed by atoms with Crippen LogP contribution in [0, 0.1) is 0 Å². The van der Waals surface area contributed by atoms with Gasteiger partial charge in [0, 0.05) is 18.8 Å². The molecule has 0 aliphatic heterocycles. The van der Waals surface area contributed by atoms with Crippen LogP contribution in [-0.2, 0) is 6.54 Å². The number of benzene rings is 2. The first-order chi connectivity index (χ1) is 13.7. The van der Waals surface area contributed by atoms with E-state index in [0.29, 0.717) is 6.61 Å². The SMILES string of the molecule is CCOc1c(Br)cc(CNCCSc2nnnn2-c2ccccc2)cc1OC.Cl. The van der Waals surface area contributed by atoms with Gasteiger partial charge in [0.2, 0.25) is 5.16 Å². The number of nitrogens with one attached hydrogen (secondary N) is 1. The highest BCUT2D eigenvalue weighted by Crippen LogP contribution is 2.36. The molecule has 156 valence electrons. The molecule has 0 radical (unpaired) electrons. The van der Waals surface area contributed by atoms with Gasteiger partial charge in [-0.15, -0.1) is 17.5 Å². The van der Waals surface area contributed by atoms with Crippen molar-refractivity contribution in [2.24, 2.45) is 0 Å². The molecule has 1 aromatic heterocycles. The topological polar surface area (TPSA) is 74.1 Å². The van der Waals surface area contributed by atoms with Gasteiger partial charge < -0.3 is 14.8 Å². The second kappa shape index (κ2) is 12.0. The van der Waals surface area contributed by atoms with Crippen molar-refractivity contribution in [2.75, 3.05) is 26.0 Å². The molecule has 29 heavy (non-hydrogen) atoms. The molecule has 0 fully saturated rings. The molecule has 2 aromatic carbocycles. The highest BCUT2D eigenvalue weighted by Gasteiger charge is 2.11. The van der Waals surface area contributed by atoms with Gasteiger partial charge in [0.25, 0.3) is 0 Å². The van der Waals surface area contributed by atoms with E-state index in [-0.39, 0.29) is 12.4 Å². The Morgan fingerprint density at radius 2 is 2.00 bits per heavy atom. The van der Waals surface area contributed by atoms with E-state index < -0.39 is 0 Å². The zero-order valence-electron chi connectivity index (χ0n) is 16.2. The summed E-state index contributed by atoms with van der Waals surface area (Å²) in [6.45, 7) is 4.09. The molecule has 0 spiro atoms. The summed E-state index contributed by atoms with van der Waals surface area (Å²) in [6, 6.07) is 13.9. The molecule has 10 heteroatoms. The Kier molecular flexibility index (Phi) is 9.72. The zero-order chi connectivity index (χ0) is 19.8. The highest BCUT2D eigenvalue weighted by atomic mass is 79.9. The fourth-order valence-corrected chi connectivity index (χ4v) is 4.00. The lowest BCUT2D eigenvalue weighted by atomic mass is 10.2. The lowest BCUT2D eigenvalue weighted by molar-refractivity contribution is 0.308. The summed E-state index contributed by atoms with van der Waals surface area (Å²) in [6.07, 6.45) is 0. The van der Waals surface area contributed by atoms with Crippen LogP contribution in [0.4, 0.5) is 0 Å². The van der Waals surface area contributed by atoms with E-state index in [9.17, 15) is 0 Å². The Balaban J connectivity index is 0.00000300. The fourth-order valence-electron chi connectivity index (χ4n) is 2.61. The first kappa shape index (κ1) is 23.5. The van der Waals surface area contributed by atoms with Gasteiger partial charge in [-0.05, 0) is 63.1 Å². The van der Waals surface area contributed by atoms with Gasteiger partial charge in [0.05, 0.1) is 23.9 Å². The number of tetrazole rings is 1. The van der Waals surface area contributed by atoms with E-state index in [0.717, 1.165) is 51.2 Å². The number of thioether (sulfide) groups is 1. The van der Waals surface area contributed by atoms with Crippen LogP contribution in [0.25, 0.3) is 5.69 Å². The molecular formula is C19H23BrClN5O2S. The van der Waals surface area contributed by atoms with Gasteiger partial charge in [-0.3, -0.25) is 0 Å². The maximum Gasteiger partial charge on any atom is 0.214 e. The standard InChI is InChI=1S/C19H22BrN5O2S.ClH/c1-3-27-18-16(20)11-14(12-17(18)26-2)13-21-9-10-28-19-22-23-24-25(19)15-7-5-4-6-8-15;/h4-8,11-12,21H,3,9-10,13H2,1-2H3;1H. The fraction of sp³-hybridized carbons (Fsp3) is 0.316. The number of nitrogens with zero attached hydrogens (tertiary/aromatic N) is 4. The monoisotopic (exact) mass is 499 g/mol. The Bertz CT molecular complexity index is 898. The normalized spacial score (nSPS) is 10.4. The van der Waals surface area contributed by atoms with Crippen molar-refractivity contribution in [2.45, 2.75) is 18.6 Å². The van der Waals surface area contributed by atoms with Crippen LogP contribution in [0.2, 0.25) is 0 Å². The number of ether oxygens (including phenoxy) is 2. The molecular weight excluding hydrogens is 478 g/mol. The molecule has 0 amide bonds. The Hall–Kier alpha value is -1.81. The van der Waals surface area contributed by atoms with Crippen LogP contribution in [0.5, 0.6) is 11.5 Å². The maximum atomic E-state index is 5.63. The Labute approximate surface area is 189 Å². The molecule has 1 N–H and O–H groups in total. The van der Waals surface area contributed by atoms with E-state index in [1.165, 1.54) is 0 Å². The molecule has 3 aromatic rings. The lowest BCUT2D eigenvalue weighted by Crippen LogP contribution is -2.17. The predicted molar refractivity (Wildman–Crippen MR) is 121 cm³/mol. The van der Waals surface area contributed by atoms with Crippen LogP contribution < -0.4 is 14.8 Å². The zero-order valence-corrected chi connectivity index (χ0v) is 19.4. The number of methoxy groups -OCH3 is 1. The largest absolute Gasteiger partial charge is 0.493 e. The van der Waals surface area contributed by atoms with Crippen LogP contribution in [0.3, 0.4) is 0 Å². The summed E-state index contributed by atoms with van der Waals surface area (Å²) < 4.78 is 13.7. The van der Waals surface area contributed by atoms with Crippen molar-refractivity contribution >= 4 is 40.1 Å². The highest BCUT2D eigenvalue weighted by molar-refractivity contribution is 9.10. The van der Waals surface area contributed by atoms with Crippen molar-refractivity contribution in [1.82, 2.24) is 25.5 Å². The Morgan fingerprint density at radius 1 is 1.21 bits per heavy atom. The number of para-hydroxylation sites is 1. The molecule has 3 rings (SSSR count). The molecule has 0 saturated heterocycles. The average Bonchev–Trinajstić information content (AvgIpc) is 3.18. The second-order valence-corrected chi connectivity index (χ2v) is 7.69. The average molecular weight is 501 g/mol. The summed E-state index contributed by atoms with van der Waals surface area (Å²) in [4.78, 5) is 0. The molecule has 0 aliphatic carbocycles. The molecule has 1 heterocycles. The van der Waals surface area contributed by atoms with Gasteiger partial charge in [-0.1, -0.05) is 30.0 Å². The Morgan fingerprint density at radius 3 is 2.72 bits per heavy atom. The van der Waals surface area contributed by atoms with Crippen molar-refractivity contribution in [1.29, 1.82) is 0 Å². The van der Waals surface area contributed by atoms with E-state index in [4.69, 9.17) is 9.47 Å². The number of aromatic nitrogens is 4. The second-order valence-electron chi connectivity index (χ2n) is 5.78. The summed E-state index contributed by atoms with van der Waals surface area (Å²) in [5.41, 5.74) is 2.07. The first-order valence-electron chi connectivity index (χ1n) is 8.89. The van der Waals surface area contributed by atoms with E-state index >= 15 is 0 Å². The number of rotatable bonds is 10. The van der Waals surface area contributed by atoms with Crippen LogP contribution >= 0.6 is 40.1 Å². The number of halogens is 2. The van der Waals surface area contributed by atoms with Gasteiger partial charge >= 0.3 is 0 Å². The molecule has 7 nitrogen and oxygen atoms in total. The van der Waals surface area contributed by atoms with Gasteiger partial charge in [-0.25, -0.2) is 0 Å². The molecule has 0 atom stereocenters. The van der Waals surface area contributed by atoms with Crippen molar-refractivity contribution in [3.05, 3.63) is 52.5 Å². The third-order valence-electron chi connectivity index (χ3n) is 3.86. The quantitative estimate of drug-likeness (QED) is 0.331. The number of hydrogen-bond donors (Lipinski definition) is 1. The van der Waals surface area contributed by atoms with Crippen LogP contribution in [0.15, 0.2) is 52.1 Å². The van der Waals surface area contributed by atoms with Gasteiger partial charge in [0.15, 0.2) is 11.5 Å². The minimum atomic E-state index is 0. The smallest absolute Gasteiger partial charge is 0.214 e. The summed E-state index contributed by atoms with van der Waals surface area (Å²) >= 11 is 5.17. The van der Waals surface area contributed by atoms with Crippen molar-refractivity contribution in [3.63, 3.8) is 0 Å². The van der Waals surface area contributed by atoms with Crippen molar-refractivity contribution in [3.8, 4) is 17.2 Å². The van der Waals surface area contributed by atoms with E-state index in [1.54, 1.807) is 23.6 Å². The summed E-state index contributed by atoms with van der Waals surface area (Å²) in [5, 5.41) is 16.2. The molecule has 0 bridgehead atoms. The molecule has 0 unspecified atom stereocenters. The van der Waals surface area contributed by atoms with E-state index in [1.807, 2.05) is 49.4 Å². The first-order valence-corrected chi connectivity index (χ1v) is 10.7. The molecule has 0 saturated carbocycles. The summed E-state index contributed by atoms with van der Waals surface area (Å²) in [7, 11) is 1.65. The maximum absolute atomic E-state index is 5.63. The lowest BCUT2D eigenvalue weighted by Gasteiger charge is -2.13. The van der Waals surface area contributed by atoms with Gasteiger partial charge in [0.1, 0.15) is 0 Å². The van der Waals surface area contributed by atoms with Crippen molar-refractivity contribution < 1.29 is 9.47 Å². The predicted octanol–water partition coefficient (Wildman–Crippen LogP) is 4.14. The van der Waals surface area contributed by atoms with Crippen LogP contribution in [-0.4, -0.2) is 46.2 Å². The molecule has 0 aliphatic rings.